The Kier molecular flexibility index (Phi) is 3.71. The zero-order valence-corrected chi connectivity index (χ0v) is 11.0. The molecule has 1 atom stereocenters. The van der Waals surface area contributed by atoms with E-state index >= 15 is 0 Å². The van der Waals surface area contributed by atoms with E-state index < -0.39 is 5.54 Å². The van der Waals surface area contributed by atoms with Gasteiger partial charge in [0.25, 0.3) is 5.91 Å². The minimum absolute atomic E-state index is 0.192. The van der Waals surface area contributed by atoms with E-state index in [0.717, 1.165) is 11.1 Å². The largest absolute Gasteiger partial charge is 0.459 e. The van der Waals surface area contributed by atoms with Gasteiger partial charge in [0, 0.05) is 5.56 Å². The highest BCUT2D eigenvalue weighted by Gasteiger charge is 2.29. The third-order valence-corrected chi connectivity index (χ3v) is 3.18. The van der Waals surface area contributed by atoms with Gasteiger partial charge >= 0.3 is 0 Å². The average molecular weight is 259 g/mol. The molecule has 4 nitrogen and oxygen atoms in total. The van der Waals surface area contributed by atoms with Crippen LogP contribution in [0, 0.1) is 6.92 Å². The molecule has 2 N–H and O–H groups in total. The predicted octanol–water partition coefficient (Wildman–Crippen LogP) is 2.23. The molecule has 0 radical (unpaired) electrons. The molecule has 1 amide bonds. The first-order valence-electron chi connectivity index (χ1n) is 6.10. The lowest BCUT2D eigenvalue weighted by Crippen LogP contribution is -2.46. The summed E-state index contributed by atoms with van der Waals surface area (Å²) >= 11 is 0. The van der Waals surface area contributed by atoms with E-state index in [1.807, 2.05) is 30.3 Å². The van der Waals surface area contributed by atoms with Crippen LogP contribution in [0.2, 0.25) is 0 Å². The molecule has 0 fully saturated rings. The molecule has 100 valence electrons. The van der Waals surface area contributed by atoms with Crippen LogP contribution >= 0.6 is 0 Å². The smallest absolute Gasteiger partial charge is 0.288 e. The van der Waals surface area contributed by atoms with Crippen molar-refractivity contribution in [1.82, 2.24) is 5.32 Å². The molecule has 0 saturated carbocycles. The molecule has 1 aromatic carbocycles. The SMILES string of the molecule is Cc1ccoc1C(=O)NC(C)(CO)c1ccccc1. The molecular formula is C15H17NO3. The van der Waals surface area contributed by atoms with Crippen molar-refractivity contribution in [1.29, 1.82) is 0 Å². The average Bonchev–Trinajstić information content (AvgIpc) is 2.86. The minimum atomic E-state index is -0.836. The van der Waals surface area contributed by atoms with Gasteiger partial charge in [-0.05, 0) is 25.5 Å². The van der Waals surface area contributed by atoms with Gasteiger partial charge in [0.05, 0.1) is 18.4 Å². The molecule has 0 aliphatic heterocycles. The standard InChI is InChI=1S/C15H17NO3/c1-11-8-9-19-13(11)14(18)16-15(2,10-17)12-6-4-3-5-7-12/h3-9,17H,10H2,1-2H3,(H,16,18). The molecule has 2 rings (SSSR count). The fraction of sp³-hybridized carbons (Fsp3) is 0.267. The summed E-state index contributed by atoms with van der Waals surface area (Å²) in [7, 11) is 0. The van der Waals surface area contributed by atoms with Gasteiger partial charge in [-0.2, -0.15) is 0 Å². The Labute approximate surface area is 112 Å². The first kappa shape index (κ1) is 13.4. The molecular weight excluding hydrogens is 242 g/mol. The number of amides is 1. The van der Waals surface area contributed by atoms with Gasteiger partial charge < -0.3 is 14.8 Å². The van der Waals surface area contributed by atoms with Crippen molar-refractivity contribution in [3.63, 3.8) is 0 Å². The number of carbonyl (C=O) groups is 1. The fourth-order valence-corrected chi connectivity index (χ4v) is 1.92. The van der Waals surface area contributed by atoms with Crippen molar-refractivity contribution in [3.05, 3.63) is 59.5 Å². The fourth-order valence-electron chi connectivity index (χ4n) is 1.92. The number of nitrogens with one attached hydrogen (secondary N) is 1. The van der Waals surface area contributed by atoms with Crippen LogP contribution in [0.3, 0.4) is 0 Å². The molecule has 1 aromatic heterocycles. The third kappa shape index (κ3) is 2.69. The van der Waals surface area contributed by atoms with Crippen molar-refractivity contribution >= 4 is 5.91 Å². The highest BCUT2D eigenvalue weighted by atomic mass is 16.3. The Bertz CT molecular complexity index is 562. The summed E-state index contributed by atoms with van der Waals surface area (Å²) in [6.45, 7) is 3.39. The summed E-state index contributed by atoms with van der Waals surface area (Å²) in [5.74, 6) is -0.0569. The van der Waals surface area contributed by atoms with Crippen LogP contribution in [0.5, 0.6) is 0 Å². The van der Waals surface area contributed by atoms with Gasteiger partial charge in [-0.1, -0.05) is 30.3 Å². The first-order chi connectivity index (χ1) is 9.07. The maximum absolute atomic E-state index is 12.2. The van der Waals surface area contributed by atoms with E-state index in [4.69, 9.17) is 4.42 Å². The first-order valence-corrected chi connectivity index (χ1v) is 6.10. The topological polar surface area (TPSA) is 62.5 Å². The molecule has 1 heterocycles. The van der Waals surface area contributed by atoms with Crippen LogP contribution in [-0.4, -0.2) is 17.6 Å². The Balaban J connectivity index is 2.25. The number of hydrogen-bond acceptors (Lipinski definition) is 3. The Morgan fingerprint density at radius 3 is 2.53 bits per heavy atom. The molecule has 0 aliphatic rings. The van der Waals surface area contributed by atoms with Crippen molar-refractivity contribution in [2.75, 3.05) is 6.61 Å². The van der Waals surface area contributed by atoms with E-state index in [1.54, 1.807) is 19.9 Å². The van der Waals surface area contributed by atoms with Crippen molar-refractivity contribution in [2.45, 2.75) is 19.4 Å². The van der Waals surface area contributed by atoms with E-state index in [2.05, 4.69) is 5.32 Å². The van der Waals surface area contributed by atoms with Crippen molar-refractivity contribution in [2.24, 2.45) is 0 Å². The lowest BCUT2D eigenvalue weighted by Gasteiger charge is -2.29. The summed E-state index contributed by atoms with van der Waals surface area (Å²) in [5.41, 5.74) is 0.776. The summed E-state index contributed by atoms with van der Waals surface area (Å²) in [5, 5.41) is 12.4. The van der Waals surface area contributed by atoms with Gasteiger partial charge in [0.15, 0.2) is 5.76 Å². The van der Waals surface area contributed by atoms with E-state index in [1.165, 1.54) is 6.26 Å². The lowest BCUT2D eigenvalue weighted by atomic mass is 9.92. The van der Waals surface area contributed by atoms with E-state index in [0.29, 0.717) is 0 Å². The summed E-state index contributed by atoms with van der Waals surface area (Å²) in [6.07, 6.45) is 1.48. The monoisotopic (exact) mass is 259 g/mol. The third-order valence-electron chi connectivity index (χ3n) is 3.18. The van der Waals surface area contributed by atoms with Crippen LogP contribution in [0.1, 0.15) is 28.6 Å². The quantitative estimate of drug-likeness (QED) is 0.885. The second-order valence-electron chi connectivity index (χ2n) is 4.74. The number of aliphatic hydroxyl groups excluding tert-OH is 1. The molecule has 19 heavy (non-hydrogen) atoms. The lowest BCUT2D eigenvalue weighted by molar-refractivity contribution is 0.0820. The van der Waals surface area contributed by atoms with Gasteiger partial charge in [-0.15, -0.1) is 0 Å². The molecule has 4 heteroatoms. The second kappa shape index (κ2) is 5.28. The van der Waals surface area contributed by atoms with Crippen LogP contribution in [0.25, 0.3) is 0 Å². The summed E-state index contributed by atoms with van der Waals surface area (Å²) in [6, 6.07) is 11.1. The van der Waals surface area contributed by atoms with Crippen LogP contribution in [0.4, 0.5) is 0 Å². The van der Waals surface area contributed by atoms with Crippen LogP contribution < -0.4 is 5.32 Å². The number of hydrogen-bond donors (Lipinski definition) is 2. The minimum Gasteiger partial charge on any atom is -0.459 e. The van der Waals surface area contributed by atoms with Crippen molar-refractivity contribution < 1.29 is 14.3 Å². The van der Waals surface area contributed by atoms with Crippen molar-refractivity contribution in [3.8, 4) is 0 Å². The predicted molar refractivity (Wildman–Crippen MR) is 71.8 cm³/mol. The van der Waals surface area contributed by atoms with E-state index in [9.17, 15) is 9.90 Å². The summed E-state index contributed by atoms with van der Waals surface area (Å²) in [4.78, 5) is 12.2. The Hall–Kier alpha value is -2.07. The molecule has 0 aliphatic carbocycles. The van der Waals surface area contributed by atoms with E-state index in [-0.39, 0.29) is 18.3 Å². The van der Waals surface area contributed by atoms with Gasteiger partial charge in [-0.3, -0.25) is 4.79 Å². The van der Waals surface area contributed by atoms with Gasteiger partial charge in [0.1, 0.15) is 0 Å². The Morgan fingerprint density at radius 1 is 1.32 bits per heavy atom. The Morgan fingerprint density at radius 2 is 2.00 bits per heavy atom. The maximum atomic E-state index is 12.2. The molecule has 1 unspecified atom stereocenters. The molecule has 0 spiro atoms. The highest BCUT2D eigenvalue weighted by Crippen LogP contribution is 2.21. The van der Waals surface area contributed by atoms with Crippen LogP contribution in [-0.2, 0) is 5.54 Å². The summed E-state index contributed by atoms with van der Waals surface area (Å²) < 4.78 is 5.16. The number of aryl methyl sites for hydroxylation is 1. The molecule has 2 aromatic rings. The molecule has 0 bridgehead atoms. The molecule has 0 saturated heterocycles. The zero-order chi connectivity index (χ0) is 13.9. The van der Waals surface area contributed by atoms with Crippen LogP contribution in [0.15, 0.2) is 47.1 Å². The number of carbonyl (C=O) groups excluding carboxylic acids is 1. The maximum Gasteiger partial charge on any atom is 0.288 e. The van der Waals surface area contributed by atoms with Gasteiger partial charge in [-0.25, -0.2) is 0 Å². The van der Waals surface area contributed by atoms with Gasteiger partial charge in [0.2, 0.25) is 0 Å². The second-order valence-corrected chi connectivity index (χ2v) is 4.74. The highest BCUT2D eigenvalue weighted by molar-refractivity contribution is 5.93. The normalized spacial score (nSPS) is 13.8. The number of aliphatic hydroxyl groups is 1. The zero-order valence-electron chi connectivity index (χ0n) is 11.0. The number of furan rings is 1. The number of benzene rings is 1. The number of rotatable bonds is 4.